The van der Waals surface area contributed by atoms with Gasteiger partial charge in [0.15, 0.2) is 0 Å². The maximum atomic E-state index is 12.7. The largest absolute Gasteiger partial charge is 0.277 e. The van der Waals surface area contributed by atoms with Crippen molar-refractivity contribution in [1.82, 2.24) is 14.9 Å². The second-order valence-corrected chi connectivity index (χ2v) is 6.01. The van der Waals surface area contributed by atoms with Crippen molar-refractivity contribution in [2.24, 2.45) is 0 Å². The quantitative estimate of drug-likeness (QED) is 0.735. The van der Waals surface area contributed by atoms with E-state index in [4.69, 9.17) is 0 Å². The fourth-order valence-corrected chi connectivity index (χ4v) is 3.35. The third-order valence-corrected chi connectivity index (χ3v) is 4.48. The van der Waals surface area contributed by atoms with E-state index in [1.165, 1.54) is 36.3 Å². The summed E-state index contributed by atoms with van der Waals surface area (Å²) in [5.74, 6) is -1.82. The molecule has 0 bridgehead atoms. The molecule has 2 aromatic carbocycles. The fourth-order valence-electron chi connectivity index (χ4n) is 3.35. The van der Waals surface area contributed by atoms with Crippen LogP contribution in [0.3, 0.4) is 0 Å². The molecule has 2 heterocycles. The number of hydrazine groups is 1. The number of imide groups is 2. The van der Waals surface area contributed by atoms with Crippen LogP contribution in [-0.2, 0) is 0 Å². The van der Waals surface area contributed by atoms with Crippen molar-refractivity contribution in [2.75, 3.05) is 21.1 Å². The predicted molar refractivity (Wildman–Crippen MR) is 84.6 cm³/mol. The first-order valence-electron chi connectivity index (χ1n) is 7.32. The second kappa shape index (κ2) is 4.48. The normalized spacial score (nSPS) is 16.7. The molecule has 7 heteroatoms. The Labute approximate surface area is 137 Å². The number of hydrogen-bond acceptors (Lipinski definition) is 5. The number of carbonyl (C=O) groups excluding carboxylic acids is 4. The maximum Gasteiger partial charge on any atom is 0.276 e. The maximum absolute atomic E-state index is 12.7. The van der Waals surface area contributed by atoms with E-state index in [0.29, 0.717) is 33.0 Å². The number of hydrogen-bond donors (Lipinski definition) is 0. The van der Waals surface area contributed by atoms with Gasteiger partial charge >= 0.3 is 0 Å². The lowest BCUT2D eigenvalue weighted by molar-refractivity contribution is 0.0182. The monoisotopic (exact) mass is 323 g/mol. The molecule has 2 aliphatic rings. The lowest BCUT2D eigenvalue weighted by Crippen LogP contribution is -2.48. The molecule has 0 aromatic heterocycles. The van der Waals surface area contributed by atoms with Crippen LogP contribution in [0.25, 0.3) is 10.8 Å². The molecule has 2 aromatic rings. The topological polar surface area (TPSA) is 78.0 Å². The van der Waals surface area contributed by atoms with Gasteiger partial charge in [-0.25, -0.2) is 10.0 Å². The van der Waals surface area contributed by atoms with E-state index < -0.39 is 23.6 Å². The van der Waals surface area contributed by atoms with Gasteiger partial charge in [-0.05, 0) is 24.3 Å². The molecule has 7 nitrogen and oxygen atoms in total. The van der Waals surface area contributed by atoms with Crippen LogP contribution in [0.15, 0.2) is 24.3 Å². The summed E-state index contributed by atoms with van der Waals surface area (Å²) in [5.41, 5.74) is 1.27. The molecule has 4 amide bonds. The first-order chi connectivity index (χ1) is 11.3. The van der Waals surface area contributed by atoms with Gasteiger partial charge < -0.3 is 0 Å². The van der Waals surface area contributed by atoms with Gasteiger partial charge in [0.1, 0.15) is 0 Å². The zero-order valence-electron chi connectivity index (χ0n) is 13.3. The van der Waals surface area contributed by atoms with E-state index in [0.717, 1.165) is 9.91 Å². The molecule has 0 saturated heterocycles. The minimum atomic E-state index is -0.472. The van der Waals surface area contributed by atoms with Crippen LogP contribution in [0.2, 0.25) is 0 Å². The molecule has 24 heavy (non-hydrogen) atoms. The van der Waals surface area contributed by atoms with Crippen molar-refractivity contribution in [3.05, 3.63) is 46.5 Å². The Morgan fingerprint density at radius 3 is 1.33 bits per heavy atom. The highest BCUT2D eigenvalue weighted by molar-refractivity contribution is 6.33. The Balaban J connectivity index is 2.15. The number of benzene rings is 2. The van der Waals surface area contributed by atoms with Crippen molar-refractivity contribution < 1.29 is 19.2 Å². The molecule has 4 rings (SSSR count). The van der Waals surface area contributed by atoms with Gasteiger partial charge in [0.05, 0.1) is 11.1 Å². The average molecular weight is 323 g/mol. The molecular weight excluding hydrogens is 310 g/mol. The van der Waals surface area contributed by atoms with E-state index >= 15 is 0 Å². The van der Waals surface area contributed by atoms with Crippen LogP contribution in [0.4, 0.5) is 0 Å². The highest BCUT2D eigenvalue weighted by atomic mass is 16.2. The summed E-state index contributed by atoms with van der Waals surface area (Å²) >= 11 is 0. The molecule has 120 valence electrons. The molecule has 0 N–H and O–H groups in total. The summed E-state index contributed by atoms with van der Waals surface area (Å²) in [6.45, 7) is 0. The summed E-state index contributed by atoms with van der Waals surface area (Å²) in [6.07, 6.45) is 0. The summed E-state index contributed by atoms with van der Waals surface area (Å²) in [7, 11) is 4.62. The van der Waals surface area contributed by atoms with Crippen LogP contribution >= 0.6 is 0 Å². The average Bonchev–Trinajstić information content (AvgIpc) is 2.55. The highest BCUT2D eigenvalue weighted by Gasteiger charge is 2.39. The van der Waals surface area contributed by atoms with Gasteiger partial charge in [-0.1, -0.05) is 0 Å². The zero-order valence-corrected chi connectivity index (χ0v) is 13.3. The fraction of sp³-hybridized carbons (Fsp3) is 0.176. The Bertz CT molecular complexity index is 922. The van der Waals surface area contributed by atoms with Crippen LogP contribution in [0.5, 0.6) is 0 Å². The molecule has 0 fully saturated rings. The number of rotatable bonds is 1. The molecular formula is C17H13N3O4. The minimum Gasteiger partial charge on any atom is -0.277 e. The molecule has 0 atom stereocenters. The number of nitrogens with zero attached hydrogens (tertiary/aromatic N) is 3. The lowest BCUT2D eigenvalue weighted by atomic mass is 9.86. The molecule has 2 aliphatic heterocycles. The van der Waals surface area contributed by atoms with E-state index in [1.54, 1.807) is 14.1 Å². The van der Waals surface area contributed by atoms with Crippen molar-refractivity contribution in [3.63, 3.8) is 0 Å². The first kappa shape index (κ1) is 14.5. The van der Waals surface area contributed by atoms with Gasteiger partial charge in [0.25, 0.3) is 23.6 Å². The number of amides is 4. The van der Waals surface area contributed by atoms with Crippen LogP contribution < -0.4 is 0 Å². The second-order valence-electron chi connectivity index (χ2n) is 6.01. The smallest absolute Gasteiger partial charge is 0.276 e. The Kier molecular flexibility index (Phi) is 2.71. The van der Waals surface area contributed by atoms with Crippen LogP contribution in [0, 0.1) is 0 Å². The highest BCUT2D eigenvalue weighted by Crippen LogP contribution is 2.37. The summed E-state index contributed by atoms with van der Waals surface area (Å²) in [4.78, 5) is 51.2. The number of carbonyl (C=O) groups is 4. The molecule has 0 saturated carbocycles. The third-order valence-electron chi connectivity index (χ3n) is 4.48. The van der Waals surface area contributed by atoms with Gasteiger partial charge in [-0.2, -0.15) is 0 Å². The zero-order chi connectivity index (χ0) is 17.3. The standard InChI is InChI=1S/C17H13N3O4/c1-18(2)20-16(23)10-6-4-8-12-9(15(22)19(3)14(8)21)5-7-11(13(10)12)17(20)24/h4-7H,1-3H3. The Morgan fingerprint density at radius 2 is 1.00 bits per heavy atom. The van der Waals surface area contributed by atoms with E-state index in [1.807, 2.05) is 0 Å². The lowest BCUT2D eigenvalue weighted by Gasteiger charge is -2.33. The van der Waals surface area contributed by atoms with Crippen LogP contribution in [0.1, 0.15) is 41.4 Å². The summed E-state index contributed by atoms with van der Waals surface area (Å²) in [6, 6.07) is 6.16. The molecule has 0 aliphatic carbocycles. The molecule has 0 radical (unpaired) electrons. The SMILES string of the molecule is CN1C(=O)c2ccc3c4c(ccc(c24)C1=O)C(=O)N(N(C)C)C3=O. The van der Waals surface area contributed by atoms with Gasteiger partial charge in [0, 0.05) is 43.0 Å². The predicted octanol–water partition coefficient (Wildman–Crippen LogP) is 1.14. The minimum absolute atomic E-state index is 0.309. The van der Waals surface area contributed by atoms with E-state index in [2.05, 4.69) is 0 Å². The van der Waals surface area contributed by atoms with Crippen LogP contribution in [-0.4, -0.2) is 59.7 Å². The van der Waals surface area contributed by atoms with Gasteiger partial charge in [-0.3, -0.25) is 24.1 Å². The van der Waals surface area contributed by atoms with Crippen molar-refractivity contribution in [1.29, 1.82) is 0 Å². The van der Waals surface area contributed by atoms with E-state index in [-0.39, 0.29) is 0 Å². The van der Waals surface area contributed by atoms with Crippen molar-refractivity contribution in [3.8, 4) is 0 Å². The Morgan fingerprint density at radius 1 is 0.667 bits per heavy atom. The van der Waals surface area contributed by atoms with Crippen molar-refractivity contribution >= 4 is 34.4 Å². The van der Waals surface area contributed by atoms with Gasteiger partial charge in [0.2, 0.25) is 0 Å². The first-order valence-corrected chi connectivity index (χ1v) is 7.32. The third kappa shape index (κ3) is 1.54. The van der Waals surface area contributed by atoms with Gasteiger partial charge in [-0.15, -0.1) is 0 Å². The molecule has 0 spiro atoms. The van der Waals surface area contributed by atoms with Crippen molar-refractivity contribution in [2.45, 2.75) is 0 Å². The summed E-state index contributed by atoms with van der Waals surface area (Å²) < 4.78 is 0. The molecule has 0 unspecified atom stereocenters. The van der Waals surface area contributed by atoms with E-state index in [9.17, 15) is 19.2 Å². The Hall–Kier alpha value is -3.06. The summed E-state index contributed by atoms with van der Waals surface area (Å²) in [5, 5.41) is 3.22.